The Morgan fingerprint density at radius 3 is 1.88 bits per heavy atom. The van der Waals surface area contributed by atoms with Crippen LogP contribution in [0.4, 0.5) is 0 Å². The summed E-state index contributed by atoms with van der Waals surface area (Å²) in [7, 11) is -0.636. The second-order valence-corrected chi connectivity index (χ2v) is 5.53. The standard InChI is InChI=1S/C11H17NO3S/c1-8-6-9(2)11(10(3)7-8)16(13,14)15-12(4)5/h6-7H,1-5H3. The molecule has 0 amide bonds. The third-order valence-corrected chi connectivity index (χ3v) is 3.74. The van der Waals surface area contributed by atoms with Crippen molar-refractivity contribution < 1.29 is 12.7 Å². The van der Waals surface area contributed by atoms with E-state index < -0.39 is 10.1 Å². The zero-order valence-corrected chi connectivity index (χ0v) is 11.1. The molecule has 0 aliphatic rings. The molecule has 0 aliphatic heterocycles. The van der Waals surface area contributed by atoms with Gasteiger partial charge in [0.15, 0.2) is 0 Å². The fourth-order valence-corrected chi connectivity index (χ4v) is 3.17. The van der Waals surface area contributed by atoms with E-state index in [2.05, 4.69) is 0 Å². The molecule has 0 bridgehead atoms. The van der Waals surface area contributed by atoms with E-state index in [4.69, 9.17) is 4.28 Å². The maximum Gasteiger partial charge on any atom is 0.313 e. The summed E-state index contributed by atoms with van der Waals surface area (Å²) in [4.78, 5) is 0.256. The molecule has 5 heteroatoms. The van der Waals surface area contributed by atoms with Crippen molar-refractivity contribution in [2.24, 2.45) is 0 Å². The van der Waals surface area contributed by atoms with E-state index in [1.54, 1.807) is 13.8 Å². The lowest BCUT2D eigenvalue weighted by Gasteiger charge is -2.14. The average Bonchev–Trinajstić information content (AvgIpc) is 1.96. The van der Waals surface area contributed by atoms with Gasteiger partial charge in [-0.2, -0.15) is 17.8 Å². The average molecular weight is 243 g/mol. The van der Waals surface area contributed by atoms with Crippen LogP contribution in [0.3, 0.4) is 0 Å². The van der Waals surface area contributed by atoms with Crippen molar-refractivity contribution in [2.75, 3.05) is 14.1 Å². The molecule has 0 radical (unpaired) electrons. The monoisotopic (exact) mass is 243 g/mol. The molecule has 1 rings (SSSR count). The van der Waals surface area contributed by atoms with Crippen molar-refractivity contribution in [3.05, 3.63) is 28.8 Å². The van der Waals surface area contributed by atoms with Crippen molar-refractivity contribution in [2.45, 2.75) is 25.7 Å². The van der Waals surface area contributed by atoms with E-state index in [9.17, 15) is 8.42 Å². The number of nitrogens with zero attached hydrogens (tertiary/aromatic N) is 1. The molecule has 0 aromatic heterocycles. The summed E-state index contributed by atoms with van der Waals surface area (Å²) in [6.07, 6.45) is 0. The molecule has 4 nitrogen and oxygen atoms in total. The van der Waals surface area contributed by atoms with Gasteiger partial charge < -0.3 is 0 Å². The zero-order valence-electron chi connectivity index (χ0n) is 10.2. The Hall–Kier alpha value is -0.910. The molecule has 1 aromatic carbocycles. The van der Waals surface area contributed by atoms with Crippen molar-refractivity contribution in [3.8, 4) is 0 Å². The van der Waals surface area contributed by atoms with E-state index in [1.807, 2.05) is 19.1 Å². The molecular weight excluding hydrogens is 226 g/mol. The van der Waals surface area contributed by atoms with Crippen molar-refractivity contribution in [3.63, 3.8) is 0 Å². The number of hydroxylamine groups is 2. The molecule has 1 aromatic rings. The molecule has 0 fully saturated rings. The topological polar surface area (TPSA) is 46.6 Å². The molecule has 0 N–H and O–H groups in total. The first kappa shape index (κ1) is 13.2. The number of aryl methyl sites for hydroxylation is 3. The van der Waals surface area contributed by atoms with Gasteiger partial charge in [-0.15, -0.1) is 0 Å². The molecule has 16 heavy (non-hydrogen) atoms. The van der Waals surface area contributed by atoms with Gasteiger partial charge in [0.05, 0.1) is 0 Å². The Morgan fingerprint density at radius 1 is 1.06 bits per heavy atom. The fourth-order valence-electron chi connectivity index (χ4n) is 1.79. The predicted octanol–water partition coefficient (Wildman–Crippen LogP) is 1.79. The van der Waals surface area contributed by atoms with Crippen LogP contribution in [0.15, 0.2) is 17.0 Å². The first-order valence-electron chi connectivity index (χ1n) is 4.94. The maximum atomic E-state index is 11.9. The minimum Gasteiger partial charge on any atom is -0.192 e. The lowest BCUT2D eigenvalue weighted by Crippen LogP contribution is -2.20. The Kier molecular flexibility index (Phi) is 3.72. The van der Waals surface area contributed by atoms with E-state index >= 15 is 0 Å². The molecule has 0 atom stereocenters. The number of rotatable bonds is 3. The zero-order chi connectivity index (χ0) is 12.5. The van der Waals surface area contributed by atoms with Gasteiger partial charge in [0, 0.05) is 14.1 Å². The highest BCUT2D eigenvalue weighted by molar-refractivity contribution is 7.86. The maximum absolute atomic E-state index is 11.9. The van der Waals surface area contributed by atoms with E-state index in [-0.39, 0.29) is 4.90 Å². The minimum absolute atomic E-state index is 0.256. The molecule has 0 saturated carbocycles. The Labute approximate surface area is 96.9 Å². The fraction of sp³-hybridized carbons (Fsp3) is 0.455. The van der Waals surface area contributed by atoms with E-state index in [0.29, 0.717) is 11.1 Å². The summed E-state index contributed by atoms with van der Waals surface area (Å²) in [5.41, 5.74) is 2.46. The smallest absolute Gasteiger partial charge is 0.192 e. The lowest BCUT2D eigenvalue weighted by atomic mass is 10.1. The molecule has 0 unspecified atom stereocenters. The second kappa shape index (κ2) is 4.53. The van der Waals surface area contributed by atoms with Crippen LogP contribution >= 0.6 is 0 Å². The third kappa shape index (κ3) is 2.81. The molecule has 90 valence electrons. The van der Waals surface area contributed by atoms with Crippen LogP contribution < -0.4 is 0 Å². The molecular formula is C11H17NO3S. The van der Waals surface area contributed by atoms with Gasteiger partial charge in [0.2, 0.25) is 0 Å². The van der Waals surface area contributed by atoms with Crippen molar-refractivity contribution in [1.29, 1.82) is 0 Å². The SMILES string of the molecule is Cc1cc(C)c(S(=O)(=O)ON(C)C)c(C)c1. The van der Waals surface area contributed by atoms with E-state index in [0.717, 1.165) is 5.56 Å². The molecule has 0 aliphatic carbocycles. The Morgan fingerprint density at radius 2 is 1.50 bits per heavy atom. The minimum atomic E-state index is -3.71. The Bertz CT molecular complexity index is 469. The van der Waals surface area contributed by atoms with Gasteiger partial charge in [-0.3, -0.25) is 0 Å². The summed E-state index contributed by atoms with van der Waals surface area (Å²) in [6, 6.07) is 3.66. The summed E-state index contributed by atoms with van der Waals surface area (Å²) >= 11 is 0. The van der Waals surface area contributed by atoms with Crippen molar-refractivity contribution >= 4 is 10.1 Å². The van der Waals surface area contributed by atoms with Crippen LogP contribution in [0.25, 0.3) is 0 Å². The summed E-state index contributed by atoms with van der Waals surface area (Å²) in [5, 5.41) is 1.17. The van der Waals surface area contributed by atoms with Gasteiger partial charge in [-0.1, -0.05) is 17.7 Å². The summed E-state index contributed by atoms with van der Waals surface area (Å²) in [6.45, 7) is 5.47. The first-order valence-corrected chi connectivity index (χ1v) is 6.34. The van der Waals surface area contributed by atoms with Crippen LogP contribution in [0.5, 0.6) is 0 Å². The quantitative estimate of drug-likeness (QED) is 0.759. The normalized spacial score (nSPS) is 12.1. The lowest BCUT2D eigenvalue weighted by molar-refractivity contribution is 0.00505. The highest BCUT2D eigenvalue weighted by Gasteiger charge is 2.22. The predicted molar refractivity (Wildman–Crippen MR) is 62.6 cm³/mol. The Balaban J connectivity index is 3.34. The van der Waals surface area contributed by atoms with Crippen molar-refractivity contribution in [1.82, 2.24) is 5.06 Å². The van der Waals surface area contributed by atoms with Gasteiger partial charge in [0.1, 0.15) is 4.90 Å². The molecule has 0 spiro atoms. The highest BCUT2D eigenvalue weighted by atomic mass is 32.2. The van der Waals surface area contributed by atoms with Gasteiger partial charge >= 0.3 is 10.1 Å². The summed E-state index contributed by atoms with van der Waals surface area (Å²) < 4.78 is 28.7. The van der Waals surface area contributed by atoms with Gasteiger partial charge in [-0.05, 0) is 31.9 Å². The van der Waals surface area contributed by atoms with E-state index in [1.165, 1.54) is 19.2 Å². The third-order valence-electron chi connectivity index (χ3n) is 2.10. The molecule has 0 saturated heterocycles. The number of hydrogen-bond acceptors (Lipinski definition) is 4. The van der Waals surface area contributed by atoms with Crippen LogP contribution in [-0.2, 0) is 14.4 Å². The first-order chi connectivity index (χ1) is 7.24. The van der Waals surface area contributed by atoms with Gasteiger partial charge in [0.25, 0.3) is 0 Å². The second-order valence-electron chi connectivity index (χ2n) is 4.07. The van der Waals surface area contributed by atoms with Crippen LogP contribution in [-0.4, -0.2) is 27.6 Å². The van der Waals surface area contributed by atoms with Gasteiger partial charge in [-0.25, -0.2) is 0 Å². The largest absolute Gasteiger partial charge is 0.313 e. The summed E-state index contributed by atoms with van der Waals surface area (Å²) in [5.74, 6) is 0. The van der Waals surface area contributed by atoms with Crippen LogP contribution in [0.1, 0.15) is 16.7 Å². The van der Waals surface area contributed by atoms with Crippen LogP contribution in [0.2, 0.25) is 0 Å². The number of benzene rings is 1. The molecule has 0 heterocycles. The highest BCUT2D eigenvalue weighted by Crippen LogP contribution is 2.23. The number of hydrogen-bond donors (Lipinski definition) is 0. The van der Waals surface area contributed by atoms with Crippen LogP contribution in [0, 0.1) is 20.8 Å².